The van der Waals surface area contributed by atoms with Gasteiger partial charge in [-0.2, -0.15) is 0 Å². The summed E-state index contributed by atoms with van der Waals surface area (Å²) in [6.07, 6.45) is 0. The van der Waals surface area contributed by atoms with Gasteiger partial charge in [-0.1, -0.05) is 0 Å². The molecule has 1 aliphatic rings. The lowest BCUT2D eigenvalue weighted by Gasteiger charge is -1.87. The maximum Gasteiger partial charge on any atom is 0.300 e. The van der Waals surface area contributed by atoms with E-state index < -0.39 is 36.9 Å². The number of carboxylic acids is 1. The van der Waals surface area contributed by atoms with E-state index in [1.165, 1.54) is 0 Å². The first kappa shape index (κ1) is 12.2. The Balaban J connectivity index is 0.000000310. The first-order chi connectivity index (χ1) is 5.87. The predicted molar refractivity (Wildman–Crippen MR) is 39.4 cm³/mol. The second kappa shape index (κ2) is 4.48. The van der Waals surface area contributed by atoms with Crippen LogP contribution in [0.1, 0.15) is 6.92 Å². The zero-order valence-electron chi connectivity index (χ0n) is 7.07. The van der Waals surface area contributed by atoms with Crippen molar-refractivity contribution in [1.82, 2.24) is 0 Å². The normalized spacial score (nSPS) is 28.7. The third-order valence-corrected chi connectivity index (χ3v) is 1.76. The highest BCUT2D eigenvalue weighted by molar-refractivity contribution is 5.62. The van der Waals surface area contributed by atoms with Gasteiger partial charge in [0.05, 0.1) is 25.0 Å². The Morgan fingerprint density at radius 2 is 1.54 bits per heavy atom. The van der Waals surface area contributed by atoms with Crippen LogP contribution < -0.4 is 0 Å². The number of hydrogen-bond acceptors (Lipinski definition) is 3. The minimum atomic E-state index is -2.82. The molecule has 0 spiro atoms. The Kier molecular flexibility index (Phi) is 4.22. The Labute approximate surface area is 73.8 Å². The van der Waals surface area contributed by atoms with Crippen molar-refractivity contribution in [2.75, 3.05) is 13.2 Å². The van der Waals surface area contributed by atoms with Gasteiger partial charge in [0.2, 0.25) is 0 Å². The van der Waals surface area contributed by atoms with E-state index in [-0.39, 0.29) is 0 Å². The maximum absolute atomic E-state index is 12.1. The maximum atomic E-state index is 12.1. The average Bonchev–Trinajstić information content (AvgIpc) is 2.50. The summed E-state index contributed by atoms with van der Waals surface area (Å²) in [5.41, 5.74) is 0. The van der Waals surface area contributed by atoms with Crippen molar-refractivity contribution in [3.8, 4) is 0 Å². The van der Waals surface area contributed by atoms with Crippen molar-refractivity contribution >= 4 is 5.97 Å². The number of rotatable bonds is 2. The molecule has 1 aliphatic carbocycles. The molecule has 0 saturated heterocycles. The van der Waals surface area contributed by atoms with E-state index in [2.05, 4.69) is 0 Å². The van der Waals surface area contributed by atoms with E-state index in [1.54, 1.807) is 0 Å². The summed E-state index contributed by atoms with van der Waals surface area (Å²) in [6.45, 7) is 0.0243. The molecule has 6 heteroatoms. The van der Waals surface area contributed by atoms with Gasteiger partial charge in [-0.3, -0.25) is 4.79 Å². The van der Waals surface area contributed by atoms with Crippen molar-refractivity contribution in [3.05, 3.63) is 0 Å². The van der Waals surface area contributed by atoms with E-state index >= 15 is 0 Å². The summed E-state index contributed by atoms with van der Waals surface area (Å²) in [7, 11) is 0. The van der Waals surface area contributed by atoms with Gasteiger partial charge in [-0.25, -0.2) is 8.78 Å². The van der Waals surface area contributed by atoms with Crippen LogP contribution in [0.3, 0.4) is 0 Å². The van der Waals surface area contributed by atoms with E-state index in [9.17, 15) is 8.78 Å². The average molecular weight is 198 g/mol. The van der Waals surface area contributed by atoms with E-state index in [4.69, 9.17) is 20.1 Å². The second-order valence-electron chi connectivity index (χ2n) is 2.77. The molecule has 0 bridgehead atoms. The molecule has 1 fully saturated rings. The highest BCUT2D eigenvalue weighted by Crippen LogP contribution is 2.54. The van der Waals surface area contributed by atoms with Crippen LogP contribution in [0.4, 0.5) is 8.78 Å². The van der Waals surface area contributed by atoms with Crippen LogP contribution >= 0.6 is 0 Å². The molecule has 3 N–H and O–H groups in total. The number of halogens is 2. The Morgan fingerprint density at radius 3 is 1.62 bits per heavy atom. The van der Waals surface area contributed by atoms with Gasteiger partial charge in [0.1, 0.15) is 0 Å². The van der Waals surface area contributed by atoms with E-state index in [0.29, 0.717) is 0 Å². The number of aliphatic hydroxyl groups excluding tert-OH is 2. The molecule has 0 heterocycles. The van der Waals surface area contributed by atoms with Gasteiger partial charge in [0.15, 0.2) is 0 Å². The van der Waals surface area contributed by atoms with Gasteiger partial charge >= 0.3 is 0 Å². The summed E-state index contributed by atoms with van der Waals surface area (Å²) >= 11 is 0. The molecule has 0 aromatic rings. The minimum Gasteiger partial charge on any atom is -0.481 e. The second-order valence-corrected chi connectivity index (χ2v) is 2.77. The van der Waals surface area contributed by atoms with Crippen molar-refractivity contribution < 1.29 is 28.9 Å². The molecule has 0 aliphatic heterocycles. The van der Waals surface area contributed by atoms with E-state index in [1.807, 2.05) is 0 Å². The number of carbonyl (C=O) groups is 1. The van der Waals surface area contributed by atoms with Crippen LogP contribution in [0.2, 0.25) is 0 Å². The molecule has 4 nitrogen and oxygen atoms in total. The number of alkyl halides is 2. The van der Waals surface area contributed by atoms with E-state index in [0.717, 1.165) is 6.92 Å². The van der Waals surface area contributed by atoms with Crippen LogP contribution in [-0.4, -0.2) is 40.4 Å². The molecule has 2 atom stereocenters. The highest BCUT2D eigenvalue weighted by atomic mass is 19.3. The highest BCUT2D eigenvalue weighted by Gasteiger charge is 2.67. The lowest BCUT2D eigenvalue weighted by molar-refractivity contribution is -0.134. The molecular formula is C7H12F2O4. The molecule has 13 heavy (non-hydrogen) atoms. The Hall–Kier alpha value is -0.750. The fourth-order valence-electron chi connectivity index (χ4n) is 0.958. The molecule has 1 rings (SSSR count). The summed E-state index contributed by atoms with van der Waals surface area (Å²) in [4.78, 5) is 9.00. The standard InChI is InChI=1S/C5H8F2O2.C2H4O2/c6-5(7)3(1-8)4(5)2-9;1-2(3)4/h3-4,8-9H,1-2H2;1H3,(H,3,4)/t3-,4-;/m1./s1. The van der Waals surface area contributed by atoms with Crippen LogP contribution in [0.15, 0.2) is 0 Å². The fraction of sp³-hybridized carbons (Fsp3) is 0.857. The molecule has 0 unspecified atom stereocenters. The largest absolute Gasteiger partial charge is 0.481 e. The first-order valence-corrected chi connectivity index (χ1v) is 3.67. The third-order valence-electron chi connectivity index (χ3n) is 1.76. The molecule has 0 amide bonds. The van der Waals surface area contributed by atoms with Gasteiger partial charge in [0, 0.05) is 6.92 Å². The molecule has 78 valence electrons. The number of carboxylic acid groups (broad SMARTS) is 1. The zero-order chi connectivity index (χ0) is 10.6. The predicted octanol–water partition coefficient (Wildman–Crippen LogP) is -0.0568. The van der Waals surface area contributed by atoms with Crippen LogP contribution in [0, 0.1) is 11.8 Å². The van der Waals surface area contributed by atoms with Crippen molar-refractivity contribution in [2.24, 2.45) is 11.8 Å². The zero-order valence-corrected chi connectivity index (χ0v) is 7.07. The summed E-state index contributed by atoms with van der Waals surface area (Å²) in [5.74, 6) is -5.64. The summed E-state index contributed by atoms with van der Waals surface area (Å²) in [6, 6.07) is 0. The van der Waals surface area contributed by atoms with Crippen molar-refractivity contribution in [3.63, 3.8) is 0 Å². The number of aliphatic hydroxyl groups is 2. The first-order valence-electron chi connectivity index (χ1n) is 3.67. The van der Waals surface area contributed by atoms with Gasteiger partial charge in [-0.05, 0) is 0 Å². The van der Waals surface area contributed by atoms with Gasteiger partial charge in [-0.15, -0.1) is 0 Å². The molecule has 0 radical (unpaired) electrons. The Bertz CT molecular complexity index is 167. The smallest absolute Gasteiger partial charge is 0.300 e. The summed E-state index contributed by atoms with van der Waals surface area (Å²) in [5, 5.41) is 23.9. The SMILES string of the molecule is CC(=O)O.OC[C@@H]1[C@@H](CO)C1(F)F. The lowest BCUT2D eigenvalue weighted by Crippen LogP contribution is -1.98. The topological polar surface area (TPSA) is 77.8 Å². The quantitative estimate of drug-likeness (QED) is 0.581. The van der Waals surface area contributed by atoms with Gasteiger partial charge < -0.3 is 15.3 Å². The monoisotopic (exact) mass is 198 g/mol. The number of aliphatic carboxylic acids is 1. The van der Waals surface area contributed by atoms with Crippen LogP contribution in [-0.2, 0) is 4.79 Å². The number of hydrogen-bond donors (Lipinski definition) is 3. The van der Waals surface area contributed by atoms with Gasteiger partial charge in [0.25, 0.3) is 11.9 Å². The van der Waals surface area contributed by atoms with Crippen LogP contribution in [0.5, 0.6) is 0 Å². The molecule has 0 aromatic heterocycles. The fourth-order valence-corrected chi connectivity index (χ4v) is 0.958. The molecular weight excluding hydrogens is 186 g/mol. The van der Waals surface area contributed by atoms with Crippen molar-refractivity contribution in [2.45, 2.75) is 12.8 Å². The van der Waals surface area contributed by atoms with Crippen molar-refractivity contribution in [1.29, 1.82) is 0 Å². The van der Waals surface area contributed by atoms with Crippen LogP contribution in [0.25, 0.3) is 0 Å². The Morgan fingerprint density at radius 1 is 1.31 bits per heavy atom. The molecule has 1 saturated carbocycles. The molecule has 0 aromatic carbocycles. The lowest BCUT2D eigenvalue weighted by atomic mass is 10.3. The third kappa shape index (κ3) is 3.23. The minimum absolute atomic E-state index is 0.530. The summed E-state index contributed by atoms with van der Waals surface area (Å²) < 4.78 is 24.3.